The first-order valence-electron chi connectivity index (χ1n) is 9.29. The number of hydrogen-bond acceptors (Lipinski definition) is 5. The molecule has 8 nitrogen and oxygen atoms in total. The minimum Gasteiger partial charge on any atom is -0.379 e. The first-order valence-corrected chi connectivity index (χ1v) is 9.29. The van der Waals surface area contributed by atoms with Gasteiger partial charge in [0.05, 0.1) is 19.8 Å². The first-order chi connectivity index (χ1) is 12.1. The van der Waals surface area contributed by atoms with E-state index in [0.717, 1.165) is 71.3 Å². The van der Waals surface area contributed by atoms with Crippen molar-refractivity contribution in [1.29, 1.82) is 0 Å². The fraction of sp³-hybridized carbons (Fsp3) is 0.824. The number of ether oxygens (including phenoxy) is 1. The Hall–Kier alpha value is -0.940. The van der Waals surface area contributed by atoms with Crippen LogP contribution < -0.4 is 10.6 Å². The molecule has 1 fully saturated rings. The molecule has 9 heteroatoms. The van der Waals surface area contributed by atoms with E-state index in [4.69, 9.17) is 9.73 Å². The maximum atomic E-state index is 5.45. The number of aromatic nitrogens is 3. The largest absolute Gasteiger partial charge is 0.379 e. The van der Waals surface area contributed by atoms with Crippen molar-refractivity contribution in [3.05, 3.63) is 12.7 Å². The van der Waals surface area contributed by atoms with Crippen molar-refractivity contribution in [3.63, 3.8) is 0 Å². The maximum absolute atomic E-state index is 5.45. The predicted molar refractivity (Wildman–Crippen MR) is 115 cm³/mol. The minimum atomic E-state index is 0. The summed E-state index contributed by atoms with van der Waals surface area (Å²) in [5.41, 5.74) is 0.0422. The molecule has 150 valence electrons. The topological polar surface area (TPSA) is 79.6 Å². The smallest absolute Gasteiger partial charge is 0.191 e. The van der Waals surface area contributed by atoms with Crippen LogP contribution in [-0.2, 0) is 11.3 Å². The fourth-order valence-corrected chi connectivity index (χ4v) is 2.85. The summed E-state index contributed by atoms with van der Waals surface area (Å²) in [5.74, 6) is 0.896. The van der Waals surface area contributed by atoms with Gasteiger partial charge in [0.25, 0.3) is 0 Å². The van der Waals surface area contributed by atoms with Gasteiger partial charge in [-0.05, 0) is 33.6 Å². The Morgan fingerprint density at radius 2 is 1.85 bits per heavy atom. The molecule has 1 aliphatic rings. The molecule has 26 heavy (non-hydrogen) atoms. The van der Waals surface area contributed by atoms with Crippen LogP contribution in [0.3, 0.4) is 0 Å². The highest BCUT2D eigenvalue weighted by Crippen LogP contribution is 2.16. The summed E-state index contributed by atoms with van der Waals surface area (Å²) >= 11 is 0. The number of halogens is 1. The molecule has 0 radical (unpaired) electrons. The van der Waals surface area contributed by atoms with Gasteiger partial charge >= 0.3 is 0 Å². The lowest BCUT2D eigenvalue weighted by Crippen LogP contribution is -2.52. The van der Waals surface area contributed by atoms with Gasteiger partial charge in [-0.3, -0.25) is 9.89 Å². The molecule has 1 aromatic rings. The fourth-order valence-electron chi connectivity index (χ4n) is 2.85. The van der Waals surface area contributed by atoms with Crippen molar-refractivity contribution in [2.75, 3.05) is 45.9 Å². The predicted octanol–water partition coefficient (Wildman–Crippen LogP) is 1.34. The second-order valence-corrected chi connectivity index (χ2v) is 6.94. The Kier molecular flexibility index (Phi) is 11.1. The van der Waals surface area contributed by atoms with Crippen LogP contribution in [-0.4, -0.2) is 77.1 Å². The van der Waals surface area contributed by atoms with E-state index in [2.05, 4.69) is 46.5 Å². The number of rotatable bonds is 9. The second-order valence-electron chi connectivity index (χ2n) is 6.94. The molecule has 0 saturated carbocycles. The van der Waals surface area contributed by atoms with Gasteiger partial charge in [0.15, 0.2) is 5.96 Å². The third-order valence-corrected chi connectivity index (χ3v) is 4.44. The van der Waals surface area contributed by atoms with Crippen molar-refractivity contribution in [1.82, 2.24) is 30.3 Å². The molecular formula is C17H34IN7O. The molecule has 2 N–H and O–H groups in total. The van der Waals surface area contributed by atoms with E-state index in [1.165, 1.54) is 0 Å². The highest BCUT2D eigenvalue weighted by Gasteiger charge is 2.27. The summed E-state index contributed by atoms with van der Waals surface area (Å²) in [4.78, 5) is 7.26. The van der Waals surface area contributed by atoms with Gasteiger partial charge in [0.2, 0.25) is 0 Å². The van der Waals surface area contributed by atoms with Gasteiger partial charge < -0.3 is 19.9 Å². The van der Waals surface area contributed by atoms with E-state index < -0.39 is 0 Å². The zero-order valence-corrected chi connectivity index (χ0v) is 18.6. The van der Waals surface area contributed by atoms with Crippen LogP contribution in [0.15, 0.2) is 17.6 Å². The second kappa shape index (κ2) is 12.4. The Labute approximate surface area is 174 Å². The van der Waals surface area contributed by atoms with E-state index >= 15 is 0 Å². The Morgan fingerprint density at radius 3 is 2.50 bits per heavy atom. The number of aliphatic imine (C=N–C) groups is 1. The van der Waals surface area contributed by atoms with Crippen molar-refractivity contribution in [2.45, 2.75) is 45.7 Å². The third-order valence-electron chi connectivity index (χ3n) is 4.44. The molecule has 2 rings (SSSR count). The maximum Gasteiger partial charge on any atom is 0.191 e. The highest BCUT2D eigenvalue weighted by molar-refractivity contribution is 14.0. The van der Waals surface area contributed by atoms with Crippen molar-refractivity contribution < 1.29 is 4.74 Å². The number of morpholine rings is 1. The molecule has 1 saturated heterocycles. The molecule has 0 aliphatic carbocycles. The molecule has 0 aromatic carbocycles. The van der Waals surface area contributed by atoms with Gasteiger partial charge in [0.1, 0.15) is 12.7 Å². The highest BCUT2D eigenvalue weighted by atomic mass is 127. The summed E-state index contributed by atoms with van der Waals surface area (Å²) in [6.07, 6.45) is 5.68. The Bertz CT molecular complexity index is 501. The minimum absolute atomic E-state index is 0. The number of nitrogens with one attached hydrogen (secondary N) is 2. The average Bonchev–Trinajstić information content (AvgIpc) is 3.13. The van der Waals surface area contributed by atoms with Crippen LogP contribution in [0.4, 0.5) is 0 Å². The van der Waals surface area contributed by atoms with Crippen LogP contribution in [0.25, 0.3) is 0 Å². The first kappa shape index (κ1) is 23.1. The van der Waals surface area contributed by atoms with Crippen molar-refractivity contribution in [3.8, 4) is 0 Å². The summed E-state index contributed by atoms with van der Waals surface area (Å²) in [6, 6.07) is 0. The van der Waals surface area contributed by atoms with Crippen LogP contribution in [0.2, 0.25) is 0 Å². The van der Waals surface area contributed by atoms with E-state index in [9.17, 15) is 0 Å². The molecule has 0 unspecified atom stereocenters. The van der Waals surface area contributed by atoms with Gasteiger partial charge in [-0.25, -0.2) is 0 Å². The molecule has 1 aliphatic heterocycles. The van der Waals surface area contributed by atoms with Gasteiger partial charge in [-0.15, -0.1) is 34.2 Å². The van der Waals surface area contributed by atoms with E-state index in [-0.39, 0.29) is 29.5 Å². The quantitative estimate of drug-likeness (QED) is 0.241. The van der Waals surface area contributed by atoms with Crippen molar-refractivity contribution in [2.24, 2.45) is 4.99 Å². The third kappa shape index (κ3) is 8.17. The number of hydrogen-bond donors (Lipinski definition) is 2. The standard InChI is InChI=1S/C17H33N7O.HI/c1-4-18-16(19-7-5-6-8-23-14-21-22-15-23)20-13-17(2,3)24-9-11-25-12-10-24;/h14-15H,4-13H2,1-3H3,(H2,18,19,20);1H. The van der Waals surface area contributed by atoms with E-state index in [1.54, 1.807) is 12.7 Å². The number of guanidine groups is 1. The summed E-state index contributed by atoms with van der Waals surface area (Å²) < 4.78 is 7.45. The molecule has 0 spiro atoms. The zero-order chi connectivity index (χ0) is 18.0. The molecule has 1 aromatic heterocycles. The van der Waals surface area contributed by atoms with Gasteiger partial charge in [-0.1, -0.05) is 0 Å². The number of unbranched alkanes of at least 4 members (excludes halogenated alkanes) is 1. The van der Waals surface area contributed by atoms with E-state index in [0.29, 0.717) is 0 Å². The lowest BCUT2D eigenvalue weighted by molar-refractivity contribution is -0.00683. The Morgan fingerprint density at radius 1 is 1.15 bits per heavy atom. The lowest BCUT2D eigenvalue weighted by atomic mass is 10.0. The lowest BCUT2D eigenvalue weighted by Gasteiger charge is -2.39. The van der Waals surface area contributed by atoms with Gasteiger partial charge in [0, 0.05) is 38.3 Å². The van der Waals surface area contributed by atoms with Crippen LogP contribution >= 0.6 is 24.0 Å². The van der Waals surface area contributed by atoms with Crippen LogP contribution in [0.5, 0.6) is 0 Å². The molecule has 0 bridgehead atoms. The van der Waals surface area contributed by atoms with E-state index in [1.807, 2.05) is 4.57 Å². The zero-order valence-electron chi connectivity index (χ0n) is 16.3. The van der Waals surface area contributed by atoms with Gasteiger partial charge in [-0.2, -0.15) is 0 Å². The average molecular weight is 479 g/mol. The summed E-state index contributed by atoms with van der Waals surface area (Å²) in [5, 5.41) is 14.4. The monoisotopic (exact) mass is 479 g/mol. The Balaban J connectivity index is 0.00000338. The number of nitrogens with zero attached hydrogens (tertiary/aromatic N) is 5. The SMILES string of the molecule is CCNC(=NCC(C)(C)N1CCOCC1)NCCCCn1cnnc1.I. The summed E-state index contributed by atoms with van der Waals surface area (Å²) in [7, 11) is 0. The molecule has 0 amide bonds. The normalized spacial score (nSPS) is 16.2. The van der Waals surface area contributed by atoms with Crippen LogP contribution in [0.1, 0.15) is 33.6 Å². The molecule has 0 atom stereocenters. The number of aryl methyl sites for hydroxylation is 1. The van der Waals surface area contributed by atoms with Crippen LogP contribution in [0, 0.1) is 0 Å². The molecular weight excluding hydrogens is 445 g/mol. The summed E-state index contributed by atoms with van der Waals surface area (Å²) in [6.45, 7) is 13.7. The van der Waals surface area contributed by atoms with Crippen molar-refractivity contribution >= 4 is 29.9 Å². The molecule has 2 heterocycles.